The summed E-state index contributed by atoms with van der Waals surface area (Å²) in [7, 11) is 0. The molecule has 152 valence electrons. The molecule has 0 unspecified atom stereocenters. The van der Waals surface area contributed by atoms with Crippen LogP contribution in [0.3, 0.4) is 0 Å². The van der Waals surface area contributed by atoms with E-state index in [-0.39, 0.29) is 11.7 Å². The average molecular weight is 418 g/mol. The smallest absolute Gasteiger partial charge is 0.248 e. The SMILES string of the molecule is CCOc1ccc(C(=O)CSc2cccc(NC(=O)/C=C/c3ccccc3)c2)cc1. The highest BCUT2D eigenvalue weighted by Gasteiger charge is 2.08. The first-order chi connectivity index (χ1) is 14.6. The van der Waals surface area contributed by atoms with Crippen LogP contribution in [0.2, 0.25) is 0 Å². The van der Waals surface area contributed by atoms with E-state index in [2.05, 4.69) is 5.32 Å². The van der Waals surface area contributed by atoms with Gasteiger partial charge in [0.15, 0.2) is 5.78 Å². The van der Waals surface area contributed by atoms with E-state index in [4.69, 9.17) is 4.74 Å². The van der Waals surface area contributed by atoms with Crippen LogP contribution >= 0.6 is 11.8 Å². The van der Waals surface area contributed by atoms with Gasteiger partial charge in [-0.2, -0.15) is 0 Å². The summed E-state index contributed by atoms with van der Waals surface area (Å²) in [6.45, 7) is 2.52. The Bertz CT molecular complexity index is 1010. The van der Waals surface area contributed by atoms with Crippen molar-refractivity contribution in [3.8, 4) is 5.75 Å². The summed E-state index contributed by atoms with van der Waals surface area (Å²) in [5.41, 5.74) is 2.31. The molecule has 3 aromatic carbocycles. The van der Waals surface area contributed by atoms with Crippen LogP contribution in [-0.4, -0.2) is 24.1 Å². The second kappa shape index (κ2) is 11.0. The van der Waals surface area contributed by atoms with E-state index < -0.39 is 0 Å². The number of Topliss-reactive ketones (excluding diaryl/α,β-unsaturated/α-hetero) is 1. The quantitative estimate of drug-likeness (QED) is 0.275. The summed E-state index contributed by atoms with van der Waals surface area (Å²) in [6.07, 6.45) is 3.27. The lowest BCUT2D eigenvalue weighted by Gasteiger charge is -2.07. The second-order valence-corrected chi connectivity index (χ2v) is 7.48. The van der Waals surface area contributed by atoms with Crippen LogP contribution in [0.1, 0.15) is 22.8 Å². The van der Waals surface area contributed by atoms with Gasteiger partial charge in [0.2, 0.25) is 5.91 Å². The molecule has 0 aromatic heterocycles. The molecular formula is C25H23NO3S. The number of carbonyl (C=O) groups is 2. The Balaban J connectivity index is 1.54. The van der Waals surface area contributed by atoms with Crippen molar-refractivity contribution in [3.05, 3.63) is 96.1 Å². The van der Waals surface area contributed by atoms with Crippen LogP contribution < -0.4 is 10.1 Å². The van der Waals surface area contributed by atoms with Crippen LogP contribution in [-0.2, 0) is 4.79 Å². The van der Waals surface area contributed by atoms with Crippen LogP contribution in [0, 0.1) is 0 Å². The first-order valence-corrected chi connectivity index (χ1v) is 10.7. The van der Waals surface area contributed by atoms with E-state index in [1.807, 2.05) is 61.5 Å². The van der Waals surface area contributed by atoms with E-state index in [0.29, 0.717) is 23.6 Å². The number of hydrogen-bond donors (Lipinski definition) is 1. The highest BCUT2D eigenvalue weighted by molar-refractivity contribution is 8.00. The molecule has 30 heavy (non-hydrogen) atoms. The van der Waals surface area contributed by atoms with Gasteiger partial charge in [0, 0.05) is 22.2 Å². The molecule has 0 fully saturated rings. The molecule has 0 aliphatic carbocycles. The third kappa shape index (κ3) is 6.64. The molecule has 0 saturated carbocycles. The molecule has 0 saturated heterocycles. The molecule has 0 heterocycles. The fourth-order valence-corrected chi connectivity index (χ4v) is 3.57. The Morgan fingerprint density at radius 3 is 2.47 bits per heavy atom. The van der Waals surface area contributed by atoms with Crippen molar-refractivity contribution in [1.29, 1.82) is 0 Å². The minimum atomic E-state index is -0.202. The van der Waals surface area contributed by atoms with Crippen LogP contribution in [0.4, 0.5) is 5.69 Å². The minimum absolute atomic E-state index is 0.0447. The Morgan fingerprint density at radius 2 is 1.73 bits per heavy atom. The second-order valence-electron chi connectivity index (χ2n) is 6.43. The molecule has 4 nitrogen and oxygen atoms in total. The zero-order chi connectivity index (χ0) is 21.2. The Hall–Kier alpha value is -3.31. The minimum Gasteiger partial charge on any atom is -0.494 e. The van der Waals surface area contributed by atoms with Crippen molar-refractivity contribution in [3.63, 3.8) is 0 Å². The number of ether oxygens (including phenoxy) is 1. The van der Waals surface area contributed by atoms with Gasteiger partial charge >= 0.3 is 0 Å². The van der Waals surface area contributed by atoms with Crippen molar-refractivity contribution in [1.82, 2.24) is 0 Å². The number of benzene rings is 3. The maximum Gasteiger partial charge on any atom is 0.248 e. The topological polar surface area (TPSA) is 55.4 Å². The largest absolute Gasteiger partial charge is 0.494 e. The van der Waals surface area contributed by atoms with Gasteiger partial charge in [0.05, 0.1) is 12.4 Å². The molecule has 0 atom stereocenters. The number of nitrogens with one attached hydrogen (secondary N) is 1. The van der Waals surface area contributed by atoms with E-state index in [9.17, 15) is 9.59 Å². The number of anilines is 1. The summed E-state index contributed by atoms with van der Waals surface area (Å²) in [6, 6.07) is 24.3. The van der Waals surface area contributed by atoms with Crippen molar-refractivity contribution < 1.29 is 14.3 Å². The van der Waals surface area contributed by atoms with Gasteiger partial charge in [-0.25, -0.2) is 0 Å². The maximum absolute atomic E-state index is 12.4. The molecule has 3 aromatic rings. The lowest BCUT2D eigenvalue weighted by molar-refractivity contribution is -0.111. The number of hydrogen-bond acceptors (Lipinski definition) is 4. The molecular weight excluding hydrogens is 394 g/mol. The van der Waals surface area contributed by atoms with Gasteiger partial charge in [-0.3, -0.25) is 9.59 Å². The molecule has 0 aliphatic heterocycles. The van der Waals surface area contributed by atoms with Crippen LogP contribution in [0.5, 0.6) is 5.75 Å². The fourth-order valence-electron chi connectivity index (χ4n) is 2.72. The Kier molecular flexibility index (Phi) is 7.86. The van der Waals surface area contributed by atoms with E-state index >= 15 is 0 Å². The third-order valence-electron chi connectivity index (χ3n) is 4.19. The molecule has 3 rings (SSSR count). The zero-order valence-corrected chi connectivity index (χ0v) is 17.5. The summed E-state index contributed by atoms with van der Waals surface area (Å²) in [5, 5.41) is 2.85. The predicted octanol–water partition coefficient (Wildman–Crippen LogP) is 5.71. The number of rotatable bonds is 9. The normalized spacial score (nSPS) is 10.7. The van der Waals surface area contributed by atoms with E-state index in [0.717, 1.165) is 16.2 Å². The van der Waals surface area contributed by atoms with Crippen molar-refractivity contribution in [2.75, 3.05) is 17.7 Å². The molecule has 0 spiro atoms. The number of amides is 1. The predicted molar refractivity (Wildman–Crippen MR) is 123 cm³/mol. The van der Waals surface area contributed by atoms with Gasteiger partial charge in [-0.05, 0) is 61.0 Å². The number of ketones is 1. The molecule has 0 bridgehead atoms. The van der Waals surface area contributed by atoms with Crippen LogP contribution in [0.25, 0.3) is 6.08 Å². The summed E-state index contributed by atoms with van der Waals surface area (Å²) < 4.78 is 5.40. The standard InChI is InChI=1S/C25H23NO3S/c1-2-29-22-14-12-20(13-15-22)24(27)18-30-23-10-6-9-21(17-23)26-25(28)16-11-19-7-4-3-5-8-19/h3-17H,2,18H2,1H3,(H,26,28)/b16-11+. The van der Waals surface area contributed by atoms with Crippen molar-refractivity contribution in [2.45, 2.75) is 11.8 Å². The number of carbonyl (C=O) groups excluding carboxylic acids is 2. The molecule has 5 heteroatoms. The van der Waals surface area contributed by atoms with Crippen molar-refractivity contribution in [2.24, 2.45) is 0 Å². The van der Waals surface area contributed by atoms with Gasteiger partial charge in [-0.15, -0.1) is 11.8 Å². The fraction of sp³-hybridized carbons (Fsp3) is 0.120. The molecule has 1 amide bonds. The van der Waals surface area contributed by atoms with Gasteiger partial charge in [0.25, 0.3) is 0 Å². The van der Waals surface area contributed by atoms with E-state index in [1.165, 1.54) is 17.8 Å². The first kappa shape index (κ1) is 21.4. The van der Waals surface area contributed by atoms with Crippen molar-refractivity contribution >= 4 is 35.2 Å². The lowest BCUT2D eigenvalue weighted by atomic mass is 10.1. The maximum atomic E-state index is 12.4. The first-order valence-electron chi connectivity index (χ1n) is 9.67. The lowest BCUT2D eigenvalue weighted by Crippen LogP contribution is -2.07. The van der Waals surface area contributed by atoms with E-state index in [1.54, 1.807) is 30.3 Å². The number of thioether (sulfide) groups is 1. The highest BCUT2D eigenvalue weighted by Crippen LogP contribution is 2.23. The Labute approximate surface area is 181 Å². The zero-order valence-electron chi connectivity index (χ0n) is 16.7. The molecule has 1 N–H and O–H groups in total. The Morgan fingerprint density at radius 1 is 0.967 bits per heavy atom. The molecule has 0 aliphatic rings. The summed E-state index contributed by atoms with van der Waals surface area (Å²) >= 11 is 1.44. The third-order valence-corrected chi connectivity index (χ3v) is 5.18. The monoisotopic (exact) mass is 417 g/mol. The van der Waals surface area contributed by atoms with Crippen LogP contribution in [0.15, 0.2) is 89.8 Å². The summed E-state index contributed by atoms with van der Waals surface area (Å²) in [4.78, 5) is 25.5. The highest BCUT2D eigenvalue weighted by atomic mass is 32.2. The van der Waals surface area contributed by atoms with Gasteiger partial charge in [-0.1, -0.05) is 36.4 Å². The van der Waals surface area contributed by atoms with Gasteiger partial charge in [0.1, 0.15) is 5.75 Å². The summed E-state index contributed by atoms with van der Waals surface area (Å²) in [5.74, 6) is 0.917. The molecule has 0 radical (unpaired) electrons. The average Bonchev–Trinajstić information content (AvgIpc) is 2.78. The van der Waals surface area contributed by atoms with Gasteiger partial charge < -0.3 is 10.1 Å².